The van der Waals surface area contributed by atoms with Crippen LogP contribution in [0.2, 0.25) is 4.34 Å². The molecule has 4 nitrogen and oxygen atoms in total. The Bertz CT molecular complexity index is 431. The highest BCUT2D eigenvalue weighted by Gasteiger charge is 2.19. The van der Waals surface area contributed by atoms with Crippen LogP contribution in [-0.4, -0.2) is 50.7 Å². The van der Waals surface area contributed by atoms with E-state index < -0.39 is 0 Å². The van der Waals surface area contributed by atoms with Crippen molar-refractivity contribution < 1.29 is 9.53 Å². The van der Waals surface area contributed by atoms with Gasteiger partial charge in [0.2, 0.25) is 0 Å². The summed E-state index contributed by atoms with van der Waals surface area (Å²) in [6.45, 7) is 4.74. The van der Waals surface area contributed by atoms with E-state index in [0.29, 0.717) is 15.1 Å². The molecule has 0 saturated carbocycles. The lowest BCUT2D eigenvalue weighted by atomic mass is 9.97. The number of halogens is 1. The lowest BCUT2D eigenvalue weighted by Gasteiger charge is -2.31. The molecule has 0 spiro atoms. The molecule has 1 fully saturated rings. The molecule has 1 aliphatic rings. The summed E-state index contributed by atoms with van der Waals surface area (Å²) >= 11 is 7.16. The Balaban J connectivity index is 1.67. The Kier molecular flexibility index (Phi) is 6.29. The molecular weight excluding hydrogens is 296 g/mol. The number of hydrogen-bond acceptors (Lipinski definition) is 4. The highest BCUT2D eigenvalue weighted by Crippen LogP contribution is 2.21. The van der Waals surface area contributed by atoms with Gasteiger partial charge in [0.25, 0.3) is 5.91 Å². The second kappa shape index (κ2) is 7.98. The molecule has 2 rings (SSSR count). The Hall–Kier alpha value is -0.620. The maximum atomic E-state index is 11.9. The molecule has 0 aromatic carbocycles. The molecule has 0 aliphatic carbocycles. The van der Waals surface area contributed by atoms with Crippen molar-refractivity contribution in [3.05, 3.63) is 21.3 Å². The quantitative estimate of drug-likeness (QED) is 0.876. The van der Waals surface area contributed by atoms with Crippen LogP contribution in [0.25, 0.3) is 0 Å². The van der Waals surface area contributed by atoms with E-state index in [1.54, 1.807) is 19.2 Å². The van der Waals surface area contributed by atoms with Crippen molar-refractivity contribution >= 4 is 28.8 Å². The number of nitrogens with one attached hydrogen (secondary N) is 1. The van der Waals surface area contributed by atoms with Crippen molar-refractivity contribution in [2.75, 3.05) is 39.9 Å². The lowest BCUT2D eigenvalue weighted by molar-refractivity contribution is 0.0930. The van der Waals surface area contributed by atoms with Crippen molar-refractivity contribution in [2.45, 2.75) is 12.8 Å². The SMILES string of the molecule is COCCN1CCC(CNC(=O)c2ccc(Cl)s2)CC1. The van der Waals surface area contributed by atoms with E-state index in [1.807, 2.05) is 0 Å². The molecule has 0 atom stereocenters. The van der Waals surface area contributed by atoms with E-state index in [0.717, 1.165) is 45.6 Å². The molecule has 1 saturated heterocycles. The van der Waals surface area contributed by atoms with Gasteiger partial charge in [-0.3, -0.25) is 4.79 Å². The second-order valence-corrected chi connectivity index (χ2v) is 6.81. The van der Waals surface area contributed by atoms with E-state index in [9.17, 15) is 4.79 Å². The number of carbonyl (C=O) groups is 1. The van der Waals surface area contributed by atoms with E-state index in [-0.39, 0.29) is 5.91 Å². The molecule has 0 bridgehead atoms. The van der Waals surface area contributed by atoms with Crippen molar-refractivity contribution in [1.82, 2.24) is 10.2 Å². The van der Waals surface area contributed by atoms with Crippen LogP contribution in [0.1, 0.15) is 22.5 Å². The molecule has 112 valence electrons. The van der Waals surface area contributed by atoms with Crippen molar-refractivity contribution in [1.29, 1.82) is 0 Å². The third-order valence-electron chi connectivity index (χ3n) is 3.67. The van der Waals surface area contributed by atoms with Gasteiger partial charge in [-0.15, -0.1) is 11.3 Å². The van der Waals surface area contributed by atoms with E-state index in [4.69, 9.17) is 16.3 Å². The van der Waals surface area contributed by atoms with Gasteiger partial charge in [0.15, 0.2) is 0 Å². The zero-order chi connectivity index (χ0) is 14.4. The zero-order valence-electron chi connectivity index (χ0n) is 11.7. The minimum atomic E-state index is -0.0105. The van der Waals surface area contributed by atoms with Gasteiger partial charge in [-0.25, -0.2) is 0 Å². The van der Waals surface area contributed by atoms with Crippen LogP contribution in [-0.2, 0) is 4.74 Å². The summed E-state index contributed by atoms with van der Waals surface area (Å²) in [4.78, 5) is 15.0. The third kappa shape index (κ3) is 4.74. The standard InChI is InChI=1S/C14H21ClN2O2S/c1-19-9-8-17-6-4-11(5-7-17)10-16-14(18)12-2-3-13(15)20-12/h2-3,11H,4-10H2,1H3,(H,16,18). The number of nitrogens with zero attached hydrogens (tertiary/aromatic N) is 1. The van der Waals surface area contributed by atoms with Gasteiger partial charge in [0.05, 0.1) is 15.8 Å². The first-order valence-electron chi connectivity index (χ1n) is 6.94. The molecule has 6 heteroatoms. The number of amides is 1. The fourth-order valence-electron chi connectivity index (χ4n) is 2.40. The zero-order valence-corrected chi connectivity index (χ0v) is 13.3. The highest BCUT2D eigenvalue weighted by molar-refractivity contribution is 7.17. The average Bonchev–Trinajstić information content (AvgIpc) is 2.90. The van der Waals surface area contributed by atoms with Crippen LogP contribution >= 0.6 is 22.9 Å². The monoisotopic (exact) mass is 316 g/mol. The number of ether oxygens (including phenoxy) is 1. The van der Waals surface area contributed by atoms with Crippen molar-refractivity contribution in [3.8, 4) is 0 Å². The van der Waals surface area contributed by atoms with Gasteiger partial charge in [0.1, 0.15) is 0 Å². The van der Waals surface area contributed by atoms with E-state index >= 15 is 0 Å². The maximum Gasteiger partial charge on any atom is 0.261 e. The molecule has 20 heavy (non-hydrogen) atoms. The summed E-state index contributed by atoms with van der Waals surface area (Å²) in [5.41, 5.74) is 0. The third-order valence-corrected chi connectivity index (χ3v) is 4.90. The van der Waals surface area contributed by atoms with Gasteiger partial charge in [-0.05, 0) is 44.0 Å². The largest absolute Gasteiger partial charge is 0.383 e. The molecule has 1 aromatic rings. The molecule has 1 aromatic heterocycles. The summed E-state index contributed by atoms with van der Waals surface area (Å²) in [5, 5.41) is 3.01. The van der Waals surface area contributed by atoms with Gasteiger partial charge in [-0.1, -0.05) is 11.6 Å². The Labute approximate surface area is 129 Å². The van der Waals surface area contributed by atoms with Crippen LogP contribution in [0.15, 0.2) is 12.1 Å². The first-order valence-corrected chi connectivity index (χ1v) is 8.13. The van der Waals surface area contributed by atoms with Crippen molar-refractivity contribution in [2.24, 2.45) is 5.92 Å². The van der Waals surface area contributed by atoms with Crippen LogP contribution in [0.3, 0.4) is 0 Å². The predicted molar refractivity (Wildman–Crippen MR) is 82.7 cm³/mol. The van der Waals surface area contributed by atoms with Crippen LogP contribution < -0.4 is 5.32 Å². The summed E-state index contributed by atoms with van der Waals surface area (Å²) in [6.07, 6.45) is 2.27. The number of piperidine rings is 1. The number of methoxy groups -OCH3 is 1. The normalized spacial score (nSPS) is 17.3. The van der Waals surface area contributed by atoms with Crippen molar-refractivity contribution in [3.63, 3.8) is 0 Å². The fraction of sp³-hybridized carbons (Fsp3) is 0.643. The molecule has 1 N–H and O–H groups in total. The summed E-state index contributed by atoms with van der Waals surface area (Å²) in [6, 6.07) is 3.53. The summed E-state index contributed by atoms with van der Waals surface area (Å²) in [7, 11) is 1.74. The average molecular weight is 317 g/mol. The summed E-state index contributed by atoms with van der Waals surface area (Å²) in [5.74, 6) is 0.567. The summed E-state index contributed by atoms with van der Waals surface area (Å²) < 4.78 is 5.75. The molecule has 2 heterocycles. The fourth-order valence-corrected chi connectivity index (χ4v) is 3.35. The number of thiophene rings is 1. The minimum absolute atomic E-state index is 0.0105. The number of carbonyl (C=O) groups excluding carboxylic acids is 1. The predicted octanol–water partition coefficient (Wildman–Crippen LogP) is 2.49. The van der Waals surface area contributed by atoms with Gasteiger partial charge in [0, 0.05) is 20.2 Å². The van der Waals surface area contributed by atoms with Gasteiger partial charge < -0.3 is 15.0 Å². The Morgan fingerprint density at radius 1 is 1.50 bits per heavy atom. The Morgan fingerprint density at radius 2 is 2.25 bits per heavy atom. The molecule has 1 aliphatic heterocycles. The first-order chi connectivity index (χ1) is 9.69. The topological polar surface area (TPSA) is 41.6 Å². The second-order valence-electron chi connectivity index (χ2n) is 5.09. The van der Waals surface area contributed by atoms with Crippen LogP contribution in [0.4, 0.5) is 0 Å². The minimum Gasteiger partial charge on any atom is -0.383 e. The van der Waals surface area contributed by atoms with Crippen LogP contribution in [0, 0.1) is 5.92 Å². The molecule has 1 amide bonds. The van der Waals surface area contributed by atoms with Gasteiger partial charge in [-0.2, -0.15) is 0 Å². The number of rotatable bonds is 6. The van der Waals surface area contributed by atoms with E-state index in [1.165, 1.54) is 11.3 Å². The molecular formula is C14H21ClN2O2S. The molecule has 0 unspecified atom stereocenters. The highest BCUT2D eigenvalue weighted by atomic mass is 35.5. The number of hydrogen-bond donors (Lipinski definition) is 1. The number of likely N-dealkylation sites (tertiary alicyclic amines) is 1. The maximum absolute atomic E-state index is 11.9. The van der Waals surface area contributed by atoms with Crippen LogP contribution in [0.5, 0.6) is 0 Å². The lowest BCUT2D eigenvalue weighted by Crippen LogP contribution is -2.39. The molecule has 0 radical (unpaired) electrons. The smallest absolute Gasteiger partial charge is 0.261 e. The van der Waals surface area contributed by atoms with Gasteiger partial charge >= 0.3 is 0 Å². The van der Waals surface area contributed by atoms with E-state index in [2.05, 4.69) is 10.2 Å². The Morgan fingerprint density at radius 3 is 2.85 bits per heavy atom. The first kappa shape index (κ1) is 15.8.